The summed E-state index contributed by atoms with van der Waals surface area (Å²) in [5, 5.41) is 0. The zero-order valence-corrected chi connectivity index (χ0v) is 8.34. The van der Waals surface area contributed by atoms with E-state index in [1.807, 2.05) is 0 Å². The highest BCUT2D eigenvalue weighted by Crippen LogP contribution is 2.32. The summed E-state index contributed by atoms with van der Waals surface area (Å²) in [6.07, 6.45) is 7.00. The molecule has 69 valence electrons. The summed E-state index contributed by atoms with van der Waals surface area (Å²) in [5.41, 5.74) is 2.72. The van der Waals surface area contributed by atoms with E-state index >= 15 is 0 Å². The third-order valence-corrected chi connectivity index (χ3v) is 3.01. The van der Waals surface area contributed by atoms with Crippen molar-refractivity contribution in [1.82, 2.24) is 0 Å². The fourth-order valence-electron chi connectivity index (χ4n) is 2.26. The highest BCUT2D eigenvalue weighted by Gasteiger charge is 2.15. The van der Waals surface area contributed by atoms with Crippen LogP contribution in [0.15, 0.2) is 18.2 Å². The molecule has 0 aliphatic heterocycles. The molecule has 1 fully saturated rings. The van der Waals surface area contributed by atoms with E-state index < -0.39 is 0 Å². The molecule has 2 rings (SSSR count). The Morgan fingerprint density at radius 3 is 2.62 bits per heavy atom. The van der Waals surface area contributed by atoms with Crippen molar-refractivity contribution < 1.29 is 0 Å². The van der Waals surface area contributed by atoms with Crippen molar-refractivity contribution in [1.29, 1.82) is 0 Å². The Bertz CT molecular complexity index is 269. The lowest BCUT2D eigenvalue weighted by Gasteiger charge is -2.21. The maximum Gasteiger partial charge on any atom is -0.0114 e. The molecule has 1 aromatic carbocycles. The van der Waals surface area contributed by atoms with E-state index in [-0.39, 0.29) is 0 Å². The van der Waals surface area contributed by atoms with Gasteiger partial charge < -0.3 is 0 Å². The number of hydrogen-bond donors (Lipinski definition) is 0. The standard InChI is InChI=1S/C13H17/c1-11-6-5-9-13(10-11)12-7-3-2-4-8-12/h5-6,9,12H,2-4,7-8H2,1H3. The van der Waals surface area contributed by atoms with Crippen molar-refractivity contribution in [2.75, 3.05) is 0 Å². The van der Waals surface area contributed by atoms with Gasteiger partial charge in [-0.05, 0) is 42.9 Å². The molecule has 0 nitrogen and oxygen atoms in total. The van der Waals surface area contributed by atoms with Gasteiger partial charge in [-0.1, -0.05) is 37.5 Å². The summed E-state index contributed by atoms with van der Waals surface area (Å²) < 4.78 is 0. The minimum Gasteiger partial charge on any atom is -0.0617 e. The second-order valence-corrected chi connectivity index (χ2v) is 4.12. The highest BCUT2D eigenvalue weighted by atomic mass is 14.2. The first-order chi connectivity index (χ1) is 6.36. The second kappa shape index (κ2) is 3.95. The van der Waals surface area contributed by atoms with Crippen LogP contribution in [0.3, 0.4) is 0 Å². The SMILES string of the molecule is Cc1[c]c(C2CCCCC2)ccc1. The van der Waals surface area contributed by atoms with Gasteiger partial charge in [0.2, 0.25) is 0 Å². The fourth-order valence-corrected chi connectivity index (χ4v) is 2.26. The van der Waals surface area contributed by atoms with Crippen LogP contribution < -0.4 is 0 Å². The van der Waals surface area contributed by atoms with Gasteiger partial charge in [0.15, 0.2) is 0 Å². The van der Waals surface area contributed by atoms with E-state index in [1.54, 1.807) is 0 Å². The van der Waals surface area contributed by atoms with Crippen LogP contribution in [0, 0.1) is 13.0 Å². The normalized spacial score (nSPS) is 18.8. The lowest BCUT2D eigenvalue weighted by molar-refractivity contribution is 0.443. The average molecular weight is 173 g/mol. The van der Waals surface area contributed by atoms with Crippen molar-refractivity contribution in [3.63, 3.8) is 0 Å². The molecule has 0 bridgehead atoms. The maximum absolute atomic E-state index is 3.48. The minimum absolute atomic E-state index is 0.800. The molecule has 1 radical (unpaired) electrons. The molecular weight excluding hydrogens is 156 g/mol. The third-order valence-electron chi connectivity index (χ3n) is 3.01. The van der Waals surface area contributed by atoms with Gasteiger partial charge in [0, 0.05) is 0 Å². The zero-order chi connectivity index (χ0) is 9.10. The monoisotopic (exact) mass is 173 g/mol. The lowest BCUT2D eigenvalue weighted by atomic mass is 9.84. The number of rotatable bonds is 1. The predicted molar refractivity (Wildman–Crippen MR) is 55.8 cm³/mol. The Kier molecular flexibility index (Phi) is 2.68. The topological polar surface area (TPSA) is 0 Å². The van der Waals surface area contributed by atoms with Crippen LogP contribution in [0.2, 0.25) is 0 Å². The Morgan fingerprint density at radius 2 is 1.92 bits per heavy atom. The highest BCUT2D eigenvalue weighted by molar-refractivity contribution is 5.24. The minimum atomic E-state index is 0.800. The van der Waals surface area contributed by atoms with Gasteiger partial charge in [-0.3, -0.25) is 0 Å². The van der Waals surface area contributed by atoms with Gasteiger partial charge in [0.25, 0.3) is 0 Å². The summed E-state index contributed by atoms with van der Waals surface area (Å²) in [5.74, 6) is 0.800. The van der Waals surface area contributed by atoms with Crippen LogP contribution in [-0.4, -0.2) is 0 Å². The van der Waals surface area contributed by atoms with Gasteiger partial charge in [0.05, 0.1) is 0 Å². The second-order valence-electron chi connectivity index (χ2n) is 4.12. The van der Waals surface area contributed by atoms with E-state index in [1.165, 1.54) is 43.2 Å². The van der Waals surface area contributed by atoms with Gasteiger partial charge in [-0.2, -0.15) is 0 Å². The van der Waals surface area contributed by atoms with E-state index in [4.69, 9.17) is 0 Å². The van der Waals surface area contributed by atoms with Crippen molar-refractivity contribution in [2.45, 2.75) is 44.9 Å². The fraction of sp³-hybridized carbons (Fsp3) is 0.538. The predicted octanol–water partition coefficient (Wildman–Crippen LogP) is 3.84. The summed E-state index contributed by atoms with van der Waals surface area (Å²) in [4.78, 5) is 0. The molecule has 0 atom stereocenters. The van der Waals surface area contributed by atoms with Crippen molar-refractivity contribution in [3.8, 4) is 0 Å². The Morgan fingerprint density at radius 1 is 1.15 bits per heavy atom. The van der Waals surface area contributed by atoms with E-state index in [9.17, 15) is 0 Å². The van der Waals surface area contributed by atoms with Crippen molar-refractivity contribution in [3.05, 3.63) is 35.4 Å². The Labute approximate surface area is 81.0 Å². The summed E-state index contributed by atoms with van der Waals surface area (Å²) in [7, 11) is 0. The molecule has 0 spiro atoms. The van der Waals surface area contributed by atoms with Gasteiger partial charge in [-0.15, -0.1) is 0 Å². The summed E-state index contributed by atoms with van der Waals surface area (Å²) in [6.45, 7) is 2.13. The summed E-state index contributed by atoms with van der Waals surface area (Å²) in [6, 6.07) is 10.0. The molecule has 0 N–H and O–H groups in total. The quantitative estimate of drug-likeness (QED) is 0.605. The number of benzene rings is 1. The van der Waals surface area contributed by atoms with Gasteiger partial charge >= 0.3 is 0 Å². The molecule has 1 saturated carbocycles. The molecule has 0 heteroatoms. The van der Waals surface area contributed by atoms with Crippen molar-refractivity contribution in [2.24, 2.45) is 0 Å². The molecule has 0 aromatic heterocycles. The molecule has 13 heavy (non-hydrogen) atoms. The molecule has 1 aliphatic carbocycles. The third kappa shape index (κ3) is 2.12. The zero-order valence-electron chi connectivity index (χ0n) is 8.34. The molecular formula is C13H17. The number of aryl methyl sites for hydroxylation is 1. The Hall–Kier alpha value is -0.780. The lowest BCUT2D eigenvalue weighted by Crippen LogP contribution is -2.04. The van der Waals surface area contributed by atoms with Crippen LogP contribution in [0.5, 0.6) is 0 Å². The van der Waals surface area contributed by atoms with Crippen molar-refractivity contribution >= 4 is 0 Å². The molecule has 0 saturated heterocycles. The van der Waals surface area contributed by atoms with Gasteiger partial charge in [0.1, 0.15) is 0 Å². The molecule has 0 amide bonds. The smallest absolute Gasteiger partial charge is 0.0114 e. The first-order valence-electron chi connectivity index (χ1n) is 5.35. The largest absolute Gasteiger partial charge is 0.0617 e. The molecule has 1 aliphatic rings. The van der Waals surface area contributed by atoms with E-state index in [0.717, 1.165) is 5.92 Å². The van der Waals surface area contributed by atoms with Crippen LogP contribution in [0.1, 0.15) is 49.1 Å². The first-order valence-corrected chi connectivity index (χ1v) is 5.35. The van der Waals surface area contributed by atoms with Crippen LogP contribution in [-0.2, 0) is 0 Å². The van der Waals surface area contributed by atoms with E-state index in [2.05, 4.69) is 31.2 Å². The van der Waals surface area contributed by atoms with Crippen LogP contribution >= 0.6 is 0 Å². The first kappa shape index (κ1) is 8.80. The average Bonchev–Trinajstić information content (AvgIpc) is 2.19. The Balaban J connectivity index is 2.14. The molecule has 0 unspecified atom stereocenters. The van der Waals surface area contributed by atoms with Crippen LogP contribution in [0.4, 0.5) is 0 Å². The number of hydrogen-bond acceptors (Lipinski definition) is 0. The molecule has 1 aromatic rings. The summed E-state index contributed by atoms with van der Waals surface area (Å²) >= 11 is 0. The maximum atomic E-state index is 3.48. The van der Waals surface area contributed by atoms with Gasteiger partial charge in [-0.25, -0.2) is 0 Å². The van der Waals surface area contributed by atoms with Crippen LogP contribution in [0.25, 0.3) is 0 Å². The van der Waals surface area contributed by atoms with E-state index in [0.29, 0.717) is 0 Å². The molecule has 0 heterocycles.